The molecule has 0 aromatic carbocycles. The van der Waals surface area contributed by atoms with Crippen LogP contribution in [0.15, 0.2) is 12.2 Å². The van der Waals surface area contributed by atoms with Gasteiger partial charge in [0.05, 0.1) is 7.11 Å². The fourth-order valence-corrected chi connectivity index (χ4v) is 3.57. The van der Waals surface area contributed by atoms with Crippen LogP contribution < -0.4 is 0 Å². The Morgan fingerprint density at radius 2 is 1.78 bits per heavy atom. The van der Waals surface area contributed by atoms with Crippen molar-refractivity contribution in [2.75, 3.05) is 7.11 Å². The molecular weight excluding hydrogens is 309 g/mol. The van der Waals surface area contributed by atoms with Gasteiger partial charge in [-0.05, 0) is 57.3 Å². The summed E-state index contributed by atoms with van der Waals surface area (Å²) >= 11 is 0. The van der Waals surface area contributed by atoms with Gasteiger partial charge in [-0.15, -0.1) is 0 Å². The number of alkyl halides is 3. The average Bonchev–Trinajstić information content (AvgIpc) is 2.46. The van der Waals surface area contributed by atoms with Crippen molar-refractivity contribution in [2.45, 2.75) is 64.1 Å². The molecule has 2 atom stereocenters. The van der Waals surface area contributed by atoms with Gasteiger partial charge in [-0.3, -0.25) is 0 Å². The lowest BCUT2D eigenvalue weighted by molar-refractivity contribution is -0.261. The van der Waals surface area contributed by atoms with Crippen molar-refractivity contribution in [1.29, 1.82) is 0 Å². The second kappa shape index (κ2) is 7.69. The van der Waals surface area contributed by atoms with E-state index in [-0.39, 0.29) is 18.3 Å². The number of ether oxygens (including phenoxy) is 1. The van der Waals surface area contributed by atoms with Crippen LogP contribution in [0.1, 0.15) is 52.4 Å². The number of esters is 1. The van der Waals surface area contributed by atoms with E-state index >= 15 is 0 Å². The van der Waals surface area contributed by atoms with Crippen molar-refractivity contribution in [3.63, 3.8) is 0 Å². The molecule has 2 unspecified atom stereocenters. The largest absolute Gasteiger partial charge is 0.466 e. The van der Waals surface area contributed by atoms with Gasteiger partial charge in [0.15, 0.2) is 5.60 Å². The summed E-state index contributed by atoms with van der Waals surface area (Å²) < 4.78 is 42.0. The second-order valence-corrected chi connectivity index (χ2v) is 7.02. The topological polar surface area (TPSA) is 46.5 Å². The molecule has 0 radical (unpaired) electrons. The highest BCUT2D eigenvalue weighted by molar-refractivity contribution is 5.86. The van der Waals surface area contributed by atoms with Gasteiger partial charge in [-0.2, -0.15) is 13.2 Å². The quantitative estimate of drug-likeness (QED) is 0.619. The molecule has 1 N–H and O–H groups in total. The smallest absolute Gasteiger partial charge is 0.416 e. The Kier molecular flexibility index (Phi) is 6.69. The van der Waals surface area contributed by atoms with E-state index in [1.54, 1.807) is 6.92 Å². The zero-order valence-corrected chi connectivity index (χ0v) is 14.1. The summed E-state index contributed by atoms with van der Waals surface area (Å²) in [6.07, 6.45) is 0.745. The maximum atomic E-state index is 12.6. The van der Waals surface area contributed by atoms with Crippen molar-refractivity contribution < 1.29 is 27.8 Å². The average molecular weight is 336 g/mol. The Labute approximate surface area is 135 Å². The molecule has 0 aromatic heterocycles. The molecule has 2 bridgehead atoms. The molecule has 3 fully saturated rings. The molecule has 6 heteroatoms. The molecule has 0 amide bonds. The lowest BCUT2D eigenvalue weighted by Gasteiger charge is -2.44. The Morgan fingerprint density at radius 3 is 2.04 bits per heavy atom. The summed E-state index contributed by atoms with van der Waals surface area (Å²) in [6, 6.07) is 0. The number of carbonyl (C=O) groups excluding carboxylic acids is 1. The second-order valence-electron chi connectivity index (χ2n) is 7.02. The third kappa shape index (κ3) is 5.52. The molecule has 3 aliphatic carbocycles. The van der Waals surface area contributed by atoms with Crippen molar-refractivity contribution in [2.24, 2.45) is 17.8 Å². The van der Waals surface area contributed by atoms with E-state index in [0.717, 1.165) is 26.2 Å². The van der Waals surface area contributed by atoms with Crippen LogP contribution in [0, 0.1) is 17.8 Å². The predicted molar refractivity (Wildman–Crippen MR) is 81.7 cm³/mol. The molecule has 134 valence electrons. The summed E-state index contributed by atoms with van der Waals surface area (Å²) in [5.41, 5.74) is -2.07. The molecule has 23 heavy (non-hydrogen) atoms. The molecular formula is C17H27F3O3. The standard InChI is InChI=1S/C12H19F3O.C5H8O2/c1-11(16,12(13,14)15)7-10-6-8-2-4-9(10)5-3-8;1-4(2)5(6)7-3/h8-10,16H,2-7H2,1H3;1H2,2-3H3. The van der Waals surface area contributed by atoms with E-state index in [0.29, 0.717) is 17.4 Å². The highest BCUT2D eigenvalue weighted by Gasteiger charge is 2.52. The van der Waals surface area contributed by atoms with E-state index in [1.807, 2.05) is 0 Å². The van der Waals surface area contributed by atoms with Crippen LogP contribution in [0.2, 0.25) is 0 Å². The van der Waals surface area contributed by atoms with Gasteiger partial charge in [0.2, 0.25) is 0 Å². The van der Waals surface area contributed by atoms with Crippen LogP contribution in [-0.2, 0) is 9.53 Å². The maximum Gasteiger partial charge on any atom is 0.416 e. The number of hydrogen-bond donors (Lipinski definition) is 1. The number of halogens is 3. The summed E-state index contributed by atoms with van der Waals surface area (Å²) in [5, 5.41) is 9.51. The Morgan fingerprint density at radius 1 is 1.26 bits per heavy atom. The molecule has 0 heterocycles. The molecule has 0 spiro atoms. The molecule has 3 aliphatic rings. The van der Waals surface area contributed by atoms with Crippen LogP contribution in [0.3, 0.4) is 0 Å². The van der Waals surface area contributed by atoms with Crippen molar-refractivity contribution in [3.8, 4) is 0 Å². The van der Waals surface area contributed by atoms with Crippen LogP contribution in [0.4, 0.5) is 13.2 Å². The number of rotatable bonds is 3. The molecule has 0 aromatic rings. The first-order valence-corrected chi connectivity index (χ1v) is 8.01. The SMILES string of the molecule is C=C(C)C(=O)OC.CC(O)(CC1CC2CCC1CC2)C(F)(F)F. The number of hydrogen-bond acceptors (Lipinski definition) is 3. The van der Waals surface area contributed by atoms with E-state index in [9.17, 15) is 23.1 Å². The molecule has 0 aliphatic heterocycles. The Bertz CT molecular complexity index is 421. The van der Waals surface area contributed by atoms with Gasteiger partial charge < -0.3 is 9.84 Å². The zero-order valence-electron chi connectivity index (χ0n) is 14.1. The minimum atomic E-state index is -4.50. The highest BCUT2D eigenvalue weighted by Crippen LogP contribution is 2.49. The fourth-order valence-electron chi connectivity index (χ4n) is 3.57. The monoisotopic (exact) mass is 336 g/mol. The van der Waals surface area contributed by atoms with Gasteiger partial charge >= 0.3 is 12.1 Å². The number of aliphatic hydroxyl groups is 1. The molecule has 3 rings (SSSR count). The number of carbonyl (C=O) groups is 1. The Balaban J connectivity index is 0.000000322. The lowest BCUT2D eigenvalue weighted by Crippen LogP contribution is -2.46. The third-order valence-electron chi connectivity index (χ3n) is 5.00. The highest BCUT2D eigenvalue weighted by atomic mass is 19.4. The first kappa shape index (κ1) is 20.0. The van der Waals surface area contributed by atoms with Crippen LogP contribution >= 0.6 is 0 Å². The van der Waals surface area contributed by atoms with E-state index in [1.165, 1.54) is 20.0 Å². The summed E-state index contributed by atoms with van der Waals surface area (Å²) in [7, 11) is 1.33. The lowest BCUT2D eigenvalue weighted by atomic mass is 9.62. The summed E-state index contributed by atoms with van der Waals surface area (Å²) in [4.78, 5) is 10.2. The number of fused-ring (bicyclic) bond motifs is 3. The minimum Gasteiger partial charge on any atom is -0.466 e. The molecule has 3 nitrogen and oxygen atoms in total. The van der Waals surface area contributed by atoms with Gasteiger partial charge in [0.1, 0.15) is 0 Å². The van der Waals surface area contributed by atoms with E-state index in [2.05, 4.69) is 11.3 Å². The van der Waals surface area contributed by atoms with Crippen molar-refractivity contribution >= 4 is 5.97 Å². The van der Waals surface area contributed by atoms with Crippen molar-refractivity contribution in [1.82, 2.24) is 0 Å². The normalized spacial score (nSPS) is 29.1. The fraction of sp³-hybridized carbons (Fsp3) is 0.824. The Hall–Kier alpha value is -1.04. The van der Waals surface area contributed by atoms with Gasteiger partial charge in [0, 0.05) is 5.57 Å². The first-order valence-electron chi connectivity index (χ1n) is 8.01. The van der Waals surface area contributed by atoms with E-state index in [4.69, 9.17) is 0 Å². The van der Waals surface area contributed by atoms with Gasteiger partial charge in [-0.25, -0.2) is 4.79 Å². The van der Waals surface area contributed by atoms with Crippen LogP contribution in [-0.4, -0.2) is 30.0 Å². The molecule has 0 saturated heterocycles. The zero-order chi connectivity index (χ0) is 17.8. The summed E-state index contributed by atoms with van der Waals surface area (Å²) in [6.45, 7) is 5.87. The molecule has 3 saturated carbocycles. The predicted octanol–water partition coefficient (Wildman–Crippen LogP) is 4.25. The number of methoxy groups -OCH3 is 1. The van der Waals surface area contributed by atoms with Crippen LogP contribution in [0.5, 0.6) is 0 Å². The summed E-state index contributed by atoms with van der Waals surface area (Å²) in [5.74, 6) is 0.752. The minimum absolute atomic E-state index is 0.0733. The van der Waals surface area contributed by atoms with Crippen molar-refractivity contribution in [3.05, 3.63) is 12.2 Å². The maximum absolute atomic E-state index is 12.6. The van der Waals surface area contributed by atoms with Gasteiger partial charge in [-0.1, -0.05) is 19.4 Å². The third-order valence-corrected chi connectivity index (χ3v) is 5.00. The van der Waals surface area contributed by atoms with E-state index < -0.39 is 11.8 Å². The van der Waals surface area contributed by atoms with Crippen LogP contribution in [0.25, 0.3) is 0 Å². The van der Waals surface area contributed by atoms with Gasteiger partial charge in [0.25, 0.3) is 0 Å². The first-order chi connectivity index (χ1) is 10.5.